The van der Waals surface area contributed by atoms with Crippen LogP contribution in [-0.4, -0.2) is 29.6 Å². The van der Waals surface area contributed by atoms with Crippen molar-refractivity contribution < 1.29 is 0 Å². The summed E-state index contributed by atoms with van der Waals surface area (Å²) in [6.07, 6.45) is 5.35. The Bertz CT molecular complexity index is 77.1. The van der Waals surface area contributed by atoms with Crippen LogP contribution in [0.4, 0.5) is 0 Å². The first kappa shape index (κ1) is 13.3. The average molecular weight is 203 g/mol. The van der Waals surface area contributed by atoms with Crippen LogP contribution in [0, 0.1) is 0 Å². The van der Waals surface area contributed by atoms with Gasteiger partial charge in [0, 0.05) is 5.88 Å². The number of hydrogen-bond acceptors (Lipinski definition) is 2. The van der Waals surface area contributed by atoms with Gasteiger partial charge >= 0.3 is 0 Å². The third-order valence-electron chi connectivity index (χ3n) is 2.13. The number of nitrogens with zero attached hydrogens (tertiary/aromatic N) is 1. The Hall–Kier alpha value is 0.310. The minimum atomic E-state index is 1.23. The van der Waals surface area contributed by atoms with E-state index in [9.17, 15) is 0 Å². The molecule has 0 heterocycles. The van der Waals surface area contributed by atoms with Crippen LogP contribution in [0.1, 0.15) is 46.5 Å². The topological polar surface area (TPSA) is 3.24 Å². The summed E-state index contributed by atoms with van der Waals surface area (Å²) in [4.78, 5) is 2.60. The summed E-state index contributed by atoms with van der Waals surface area (Å²) < 4.78 is 0. The zero-order chi connectivity index (χ0) is 9.94. The second-order valence-electron chi connectivity index (χ2n) is 3.45. The fraction of sp³-hybridized carbons (Fsp3) is 1.00. The summed E-state index contributed by atoms with van der Waals surface area (Å²) in [5, 5.41) is 0. The van der Waals surface area contributed by atoms with Gasteiger partial charge in [-0.05, 0) is 31.7 Å². The maximum Gasteiger partial charge on any atom is 0.0444 e. The summed E-state index contributed by atoms with van der Waals surface area (Å²) in [6, 6.07) is 0. The lowest BCUT2D eigenvalue weighted by Crippen LogP contribution is -2.25. The molecule has 0 amide bonds. The molecule has 0 spiro atoms. The quantitative estimate of drug-likeness (QED) is 0.527. The highest BCUT2D eigenvalue weighted by molar-refractivity contribution is 7.99. The SMILES string of the molecule is CCCCN(CCCC)CSCC. The van der Waals surface area contributed by atoms with Crippen molar-refractivity contribution in [2.75, 3.05) is 24.7 Å². The molecule has 2 heteroatoms. The lowest BCUT2D eigenvalue weighted by molar-refractivity contribution is 0.310. The minimum absolute atomic E-state index is 1.23. The predicted octanol–water partition coefficient (Wildman–Crippen LogP) is 3.60. The van der Waals surface area contributed by atoms with E-state index in [1.165, 1.54) is 50.4 Å². The van der Waals surface area contributed by atoms with Crippen molar-refractivity contribution in [3.05, 3.63) is 0 Å². The van der Waals surface area contributed by atoms with Crippen LogP contribution >= 0.6 is 11.8 Å². The predicted molar refractivity (Wildman–Crippen MR) is 64.4 cm³/mol. The Kier molecular flexibility index (Phi) is 10.6. The molecule has 80 valence electrons. The van der Waals surface area contributed by atoms with E-state index in [4.69, 9.17) is 0 Å². The van der Waals surface area contributed by atoms with Crippen molar-refractivity contribution in [1.29, 1.82) is 0 Å². The zero-order valence-electron chi connectivity index (χ0n) is 9.51. The van der Waals surface area contributed by atoms with E-state index in [1.54, 1.807) is 0 Å². The van der Waals surface area contributed by atoms with Crippen LogP contribution < -0.4 is 0 Å². The lowest BCUT2D eigenvalue weighted by atomic mass is 10.3. The fourth-order valence-electron chi connectivity index (χ4n) is 1.22. The molecule has 0 radical (unpaired) electrons. The van der Waals surface area contributed by atoms with Crippen molar-refractivity contribution in [3.63, 3.8) is 0 Å². The van der Waals surface area contributed by atoms with Gasteiger partial charge in [-0.2, -0.15) is 0 Å². The maximum absolute atomic E-state index is 2.60. The third-order valence-corrected chi connectivity index (χ3v) is 3.09. The molecule has 0 fully saturated rings. The van der Waals surface area contributed by atoms with Crippen LogP contribution in [0.5, 0.6) is 0 Å². The summed E-state index contributed by atoms with van der Waals surface area (Å²) in [5.41, 5.74) is 0. The van der Waals surface area contributed by atoms with Crippen LogP contribution in [0.15, 0.2) is 0 Å². The maximum atomic E-state index is 2.60. The van der Waals surface area contributed by atoms with E-state index >= 15 is 0 Å². The van der Waals surface area contributed by atoms with Gasteiger partial charge in [0.15, 0.2) is 0 Å². The molecule has 0 aromatic heterocycles. The molecule has 0 aromatic carbocycles. The summed E-state index contributed by atoms with van der Waals surface area (Å²) in [5.74, 6) is 2.48. The number of rotatable bonds is 9. The van der Waals surface area contributed by atoms with Gasteiger partial charge in [0.25, 0.3) is 0 Å². The summed E-state index contributed by atoms with van der Waals surface area (Å²) in [7, 11) is 0. The molecule has 0 aliphatic rings. The lowest BCUT2D eigenvalue weighted by Gasteiger charge is -2.20. The van der Waals surface area contributed by atoms with Crippen LogP contribution in [0.3, 0.4) is 0 Å². The second-order valence-corrected chi connectivity index (χ2v) is 4.69. The molecule has 1 nitrogen and oxygen atoms in total. The molecule has 0 bridgehead atoms. The first-order chi connectivity index (χ1) is 6.35. The van der Waals surface area contributed by atoms with E-state index in [0.717, 1.165) is 0 Å². The van der Waals surface area contributed by atoms with Crippen molar-refractivity contribution >= 4 is 11.8 Å². The molecule has 0 N–H and O–H groups in total. The Morgan fingerprint density at radius 2 is 1.46 bits per heavy atom. The Balaban J connectivity index is 3.47. The van der Waals surface area contributed by atoms with Crippen molar-refractivity contribution in [1.82, 2.24) is 4.90 Å². The van der Waals surface area contributed by atoms with E-state index in [0.29, 0.717) is 0 Å². The highest BCUT2D eigenvalue weighted by Crippen LogP contribution is 2.06. The third kappa shape index (κ3) is 8.63. The van der Waals surface area contributed by atoms with Gasteiger partial charge in [0.05, 0.1) is 0 Å². The molecule has 0 rings (SSSR count). The fourth-order valence-corrected chi connectivity index (χ4v) is 1.92. The highest BCUT2D eigenvalue weighted by atomic mass is 32.2. The van der Waals surface area contributed by atoms with E-state index in [2.05, 4.69) is 25.7 Å². The number of unbranched alkanes of at least 4 members (excludes halogenated alkanes) is 2. The van der Waals surface area contributed by atoms with Crippen LogP contribution in [-0.2, 0) is 0 Å². The molecule has 0 saturated heterocycles. The van der Waals surface area contributed by atoms with Gasteiger partial charge in [-0.15, -0.1) is 11.8 Å². The van der Waals surface area contributed by atoms with Gasteiger partial charge in [0.2, 0.25) is 0 Å². The largest absolute Gasteiger partial charge is 0.294 e. The van der Waals surface area contributed by atoms with E-state index in [-0.39, 0.29) is 0 Å². The molecule has 0 unspecified atom stereocenters. The minimum Gasteiger partial charge on any atom is -0.294 e. The van der Waals surface area contributed by atoms with Gasteiger partial charge in [-0.3, -0.25) is 4.90 Å². The Morgan fingerprint density at radius 3 is 1.85 bits per heavy atom. The molecule has 0 atom stereocenters. The number of hydrogen-bond donors (Lipinski definition) is 0. The smallest absolute Gasteiger partial charge is 0.0444 e. The average Bonchev–Trinajstić information content (AvgIpc) is 2.17. The first-order valence-corrected chi connectivity index (χ1v) is 6.80. The molecule has 0 aliphatic heterocycles. The Morgan fingerprint density at radius 1 is 0.923 bits per heavy atom. The van der Waals surface area contributed by atoms with Crippen molar-refractivity contribution in [2.24, 2.45) is 0 Å². The van der Waals surface area contributed by atoms with Gasteiger partial charge in [-0.25, -0.2) is 0 Å². The van der Waals surface area contributed by atoms with E-state index in [1.807, 2.05) is 11.8 Å². The molecular weight excluding hydrogens is 178 g/mol. The molecule has 13 heavy (non-hydrogen) atoms. The molecule has 0 aliphatic carbocycles. The van der Waals surface area contributed by atoms with Crippen LogP contribution in [0.2, 0.25) is 0 Å². The van der Waals surface area contributed by atoms with Crippen molar-refractivity contribution in [3.8, 4) is 0 Å². The highest BCUT2D eigenvalue weighted by Gasteiger charge is 2.02. The van der Waals surface area contributed by atoms with E-state index < -0.39 is 0 Å². The monoisotopic (exact) mass is 203 g/mol. The molecular formula is C11H25NS. The molecule has 0 aromatic rings. The Labute approximate surface area is 88.3 Å². The summed E-state index contributed by atoms with van der Waals surface area (Å²) in [6.45, 7) is 9.37. The van der Waals surface area contributed by atoms with Crippen LogP contribution in [0.25, 0.3) is 0 Å². The second kappa shape index (κ2) is 10.4. The zero-order valence-corrected chi connectivity index (χ0v) is 10.3. The molecule has 0 saturated carbocycles. The van der Waals surface area contributed by atoms with Gasteiger partial charge in [-0.1, -0.05) is 33.6 Å². The standard InChI is InChI=1S/C11H25NS/c1-4-7-9-12(10-8-5-2)11-13-6-3/h4-11H2,1-3H3. The normalized spacial score (nSPS) is 11.1. The first-order valence-electron chi connectivity index (χ1n) is 5.65. The number of thioether (sulfide) groups is 1. The van der Waals surface area contributed by atoms with Crippen molar-refractivity contribution in [2.45, 2.75) is 46.5 Å². The van der Waals surface area contributed by atoms with Gasteiger partial charge in [0.1, 0.15) is 0 Å². The van der Waals surface area contributed by atoms with Gasteiger partial charge < -0.3 is 0 Å². The summed E-state index contributed by atoms with van der Waals surface area (Å²) >= 11 is 2.04.